The first-order valence-electron chi connectivity index (χ1n) is 5.45. The van der Waals surface area contributed by atoms with E-state index in [-0.39, 0.29) is 0 Å². The minimum atomic E-state index is 0.955. The number of thiophene rings is 1. The number of nitrogens with one attached hydrogen (secondary N) is 2. The quantitative estimate of drug-likeness (QED) is 0.753. The van der Waals surface area contributed by atoms with Gasteiger partial charge in [0.1, 0.15) is 12.2 Å². The lowest BCUT2D eigenvalue weighted by atomic mass is 10.3. The molecule has 0 aliphatic carbocycles. The van der Waals surface area contributed by atoms with Crippen molar-refractivity contribution in [2.45, 2.75) is 26.3 Å². The van der Waals surface area contributed by atoms with E-state index in [9.17, 15) is 0 Å². The number of rotatable bonds is 6. The average molecular weight is 236 g/mol. The fourth-order valence-electron chi connectivity index (χ4n) is 1.52. The molecule has 2 aromatic heterocycles. The molecule has 2 aromatic rings. The molecule has 0 atom stereocenters. The third kappa shape index (κ3) is 3.43. The lowest BCUT2D eigenvalue weighted by Gasteiger charge is -2.01. The number of aryl methyl sites for hydroxylation is 2. The summed E-state index contributed by atoms with van der Waals surface area (Å²) in [6, 6.07) is 4.35. The first-order chi connectivity index (χ1) is 7.84. The predicted octanol–water partition coefficient (Wildman–Crippen LogP) is 1.90. The number of aromatic amines is 1. The first kappa shape index (κ1) is 11.3. The van der Waals surface area contributed by atoms with Gasteiger partial charge in [-0.1, -0.05) is 0 Å². The fourth-order valence-corrected chi connectivity index (χ4v) is 2.38. The fraction of sp³-hybridized carbons (Fsp3) is 0.455. The Labute approximate surface area is 99.1 Å². The van der Waals surface area contributed by atoms with Crippen molar-refractivity contribution in [1.29, 1.82) is 0 Å². The monoisotopic (exact) mass is 236 g/mol. The lowest BCUT2D eigenvalue weighted by molar-refractivity contribution is 0.644. The van der Waals surface area contributed by atoms with Crippen molar-refractivity contribution in [1.82, 2.24) is 20.5 Å². The molecule has 0 aliphatic heterocycles. The molecule has 2 heterocycles. The Hall–Kier alpha value is -1.20. The van der Waals surface area contributed by atoms with E-state index in [2.05, 4.69) is 39.6 Å². The Morgan fingerprint density at radius 2 is 2.38 bits per heavy atom. The van der Waals surface area contributed by atoms with Crippen LogP contribution in [0.2, 0.25) is 0 Å². The van der Waals surface area contributed by atoms with Crippen LogP contribution in [0.3, 0.4) is 0 Å². The van der Waals surface area contributed by atoms with Gasteiger partial charge >= 0.3 is 0 Å². The second-order valence-corrected chi connectivity index (χ2v) is 5.10. The highest BCUT2D eigenvalue weighted by Gasteiger charge is 1.97. The molecule has 0 saturated heterocycles. The van der Waals surface area contributed by atoms with Crippen LogP contribution >= 0.6 is 11.3 Å². The van der Waals surface area contributed by atoms with Crippen LogP contribution in [0, 0.1) is 6.92 Å². The van der Waals surface area contributed by atoms with Crippen LogP contribution in [0.4, 0.5) is 0 Å². The van der Waals surface area contributed by atoms with Crippen LogP contribution in [-0.2, 0) is 13.0 Å². The van der Waals surface area contributed by atoms with Gasteiger partial charge in [0.15, 0.2) is 0 Å². The molecule has 0 aromatic carbocycles. The maximum Gasteiger partial charge on any atom is 0.137 e. The number of H-pyrrole nitrogens is 1. The van der Waals surface area contributed by atoms with Gasteiger partial charge < -0.3 is 5.32 Å². The van der Waals surface area contributed by atoms with Crippen LogP contribution in [0.5, 0.6) is 0 Å². The Balaban J connectivity index is 1.59. The highest BCUT2D eigenvalue weighted by atomic mass is 32.1. The number of hydrogen-bond acceptors (Lipinski definition) is 4. The van der Waals surface area contributed by atoms with E-state index in [4.69, 9.17) is 0 Å². The van der Waals surface area contributed by atoms with Gasteiger partial charge in [-0.15, -0.1) is 11.3 Å². The summed E-state index contributed by atoms with van der Waals surface area (Å²) >= 11 is 1.85. The maximum absolute atomic E-state index is 4.08. The molecule has 0 fully saturated rings. The van der Waals surface area contributed by atoms with Gasteiger partial charge in [-0.05, 0) is 32.0 Å². The Morgan fingerprint density at radius 1 is 1.44 bits per heavy atom. The number of nitrogens with zero attached hydrogens (tertiary/aromatic N) is 2. The first-order valence-corrected chi connectivity index (χ1v) is 6.26. The Morgan fingerprint density at radius 3 is 3.06 bits per heavy atom. The minimum absolute atomic E-state index is 0.955. The van der Waals surface area contributed by atoms with Gasteiger partial charge in [-0.25, -0.2) is 4.98 Å². The summed E-state index contributed by atoms with van der Waals surface area (Å²) in [6.07, 6.45) is 3.59. The molecule has 4 nitrogen and oxygen atoms in total. The van der Waals surface area contributed by atoms with E-state index in [0.29, 0.717) is 0 Å². The molecule has 86 valence electrons. The number of aromatic nitrogens is 3. The van der Waals surface area contributed by atoms with E-state index in [1.807, 2.05) is 11.3 Å². The molecule has 0 amide bonds. The molecular weight excluding hydrogens is 220 g/mol. The van der Waals surface area contributed by atoms with Crippen LogP contribution in [0.25, 0.3) is 0 Å². The van der Waals surface area contributed by atoms with Crippen molar-refractivity contribution in [3.8, 4) is 0 Å². The van der Waals surface area contributed by atoms with Gasteiger partial charge in [-0.3, -0.25) is 5.10 Å². The Kier molecular flexibility index (Phi) is 4.07. The molecule has 0 bridgehead atoms. The summed E-state index contributed by atoms with van der Waals surface area (Å²) in [6.45, 7) is 4.12. The van der Waals surface area contributed by atoms with Crippen LogP contribution in [0.1, 0.15) is 22.0 Å². The van der Waals surface area contributed by atoms with Gasteiger partial charge in [0, 0.05) is 22.7 Å². The second kappa shape index (κ2) is 5.77. The molecule has 16 heavy (non-hydrogen) atoms. The van der Waals surface area contributed by atoms with Gasteiger partial charge in [-0.2, -0.15) is 5.10 Å². The minimum Gasteiger partial charge on any atom is -0.312 e. The van der Waals surface area contributed by atoms with E-state index in [1.165, 1.54) is 9.75 Å². The molecule has 5 heteroatoms. The van der Waals surface area contributed by atoms with E-state index in [1.54, 1.807) is 6.33 Å². The van der Waals surface area contributed by atoms with Gasteiger partial charge in [0.25, 0.3) is 0 Å². The van der Waals surface area contributed by atoms with Crippen molar-refractivity contribution < 1.29 is 0 Å². The number of hydrogen-bond donors (Lipinski definition) is 2. The standard InChI is InChI=1S/C11H16N4S/c1-9-4-5-10(16-9)7-12-6-2-3-11-13-8-14-15-11/h4-5,8,12H,2-3,6-7H2,1H3,(H,13,14,15). The SMILES string of the molecule is Cc1ccc(CNCCCc2ncn[nH]2)s1. The predicted molar refractivity (Wildman–Crippen MR) is 65.5 cm³/mol. The molecule has 2 N–H and O–H groups in total. The molecular formula is C11H16N4S. The van der Waals surface area contributed by atoms with Crippen molar-refractivity contribution in [2.75, 3.05) is 6.54 Å². The average Bonchev–Trinajstić information content (AvgIpc) is 2.89. The van der Waals surface area contributed by atoms with Crippen LogP contribution in [-0.4, -0.2) is 21.7 Å². The topological polar surface area (TPSA) is 53.6 Å². The van der Waals surface area contributed by atoms with E-state index < -0.39 is 0 Å². The molecule has 0 saturated carbocycles. The summed E-state index contributed by atoms with van der Waals surface area (Å²) in [5, 5.41) is 10.1. The smallest absolute Gasteiger partial charge is 0.137 e. The highest BCUT2D eigenvalue weighted by Crippen LogP contribution is 2.14. The Bertz CT molecular complexity index is 407. The molecule has 2 rings (SSSR count). The summed E-state index contributed by atoms with van der Waals surface area (Å²) < 4.78 is 0. The summed E-state index contributed by atoms with van der Waals surface area (Å²) in [4.78, 5) is 6.86. The van der Waals surface area contributed by atoms with Gasteiger partial charge in [0.05, 0.1) is 0 Å². The zero-order valence-corrected chi connectivity index (χ0v) is 10.2. The summed E-state index contributed by atoms with van der Waals surface area (Å²) in [5.41, 5.74) is 0. The lowest BCUT2D eigenvalue weighted by Crippen LogP contribution is -2.14. The van der Waals surface area contributed by atoms with E-state index >= 15 is 0 Å². The maximum atomic E-state index is 4.08. The molecule has 0 unspecified atom stereocenters. The third-order valence-electron chi connectivity index (χ3n) is 2.33. The summed E-state index contributed by atoms with van der Waals surface area (Å²) in [5.74, 6) is 0.966. The van der Waals surface area contributed by atoms with Crippen molar-refractivity contribution in [2.24, 2.45) is 0 Å². The van der Waals surface area contributed by atoms with Crippen LogP contribution in [0.15, 0.2) is 18.5 Å². The second-order valence-electron chi connectivity index (χ2n) is 3.72. The van der Waals surface area contributed by atoms with Crippen molar-refractivity contribution in [3.05, 3.63) is 34.0 Å². The van der Waals surface area contributed by atoms with Gasteiger partial charge in [0.2, 0.25) is 0 Å². The highest BCUT2D eigenvalue weighted by molar-refractivity contribution is 7.11. The van der Waals surface area contributed by atoms with Crippen molar-refractivity contribution >= 4 is 11.3 Å². The zero-order chi connectivity index (χ0) is 11.2. The summed E-state index contributed by atoms with van der Waals surface area (Å²) in [7, 11) is 0. The van der Waals surface area contributed by atoms with Crippen molar-refractivity contribution in [3.63, 3.8) is 0 Å². The van der Waals surface area contributed by atoms with Crippen LogP contribution < -0.4 is 5.32 Å². The van der Waals surface area contributed by atoms with E-state index in [0.717, 1.165) is 31.8 Å². The molecule has 0 radical (unpaired) electrons. The normalized spacial score (nSPS) is 10.8. The third-order valence-corrected chi connectivity index (χ3v) is 3.33. The largest absolute Gasteiger partial charge is 0.312 e. The zero-order valence-electron chi connectivity index (χ0n) is 9.36. The molecule has 0 spiro atoms. The molecule has 0 aliphatic rings.